The fraction of sp³-hybridized carbons (Fsp3) is 0.182. The van der Waals surface area contributed by atoms with E-state index in [1.54, 1.807) is 4.68 Å². The molecule has 4 rings (SSSR count). The van der Waals surface area contributed by atoms with E-state index in [1.165, 1.54) is 23.2 Å². The van der Waals surface area contributed by atoms with Gasteiger partial charge in [0.05, 0.1) is 18.2 Å². The number of rotatable bonds is 6. The lowest BCUT2D eigenvalue weighted by Gasteiger charge is -2.09. The predicted molar refractivity (Wildman–Crippen MR) is 111 cm³/mol. The Hall–Kier alpha value is -3.88. The minimum absolute atomic E-state index is 0.0464. The summed E-state index contributed by atoms with van der Waals surface area (Å²) in [6.07, 6.45) is 2.76. The molecule has 0 unspecified atom stereocenters. The Morgan fingerprint density at radius 3 is 2.52 bits per heavy atom. The van der Waals surface area contributed by atoms with Crippen molar-refractivity contribution in [3.63, 3.8) is 0 Å². The molecule has 4 aromatic rings. The summed E-state index contributed by atoms with van der Waals surface area (Å²) in [6.45, 7) is 1.78. The zero-order valence-electron chi connectivity index (χ0n) is 16.7. The number of nitrogens with zero attached hydrogens (tertiary/aromatic N) is 4. The van der Waals surface area contributed by atoms with Crippen LogP contribution in [0.25, 0.3) is 16.7 Å². The standard InChI is InChI=1S/C22H19F2N5O2/c1-14-5-7-15(8-6-14)29-21-17(12-27-29)22(31)28(13-26-21)10-9-20(30)25-11-16-18(23)3-2-4-19(16)24/h2-8,12-13H,9-11H2,1H3,(H,25,30). The van der Waals surface area contributed by atoms with E-state index >= 15 is 0 Å². The number of carbonyl (C=O) groups excluding carboxylic acids is 1. The van der Waals surface area contributed by atoms with Gasteiger partial charge < -0.3 is 5.32 Å². The number of hydrogen-bond donors (Lipinski definition) is 1. The summed E-state index contributed by atoms with van der Waals surface area (Å²) in [5.41, 5.74) is 1.78. The highest BCUT2D eigenvalue weighted by Crippen LogP contribution is 2.14. The summed E-state index contributed by atoms with van der Waals surface area (Å²) in [4.78, 5) is 29.2. The van der Waals surface area contributed by atoms with Gasteiger partial charge >= 0.3 is 0 Å². The maximum Gasteiger partial charge on any atom is 0.264 e. The summed E-state index contributed by atoms with van der Waals surface area (Å²) in [7, 11) is 0. The van der Waals surface area contributed by atoms with Crippen molar-refractivity contribution in [2.45, 2.75) is 26.4 Å². The molecule has 7 nitrogen and oxygen atoms in total. The molecule has 0 atom stereocenters. The van der Waals surface area contributed by atoms with Crippen molar-refractivity contribution in [1.29, 1.82) is 0 Å². The van der Waals surface area contributed by atoms with Gasteiger partial charge in [-0.25, -0.2) is 18.4 Å². The molecule has 31 heavy (non-hydrogen) atoms. The van der Waals surface area contributed by atoms with Crippen LogP contribution in [0.15, 0.2) is 59.8 Å². The molecular weight excluding hydrogens is 404 g/mol. The number of benzene rings is 2. The van der Waals surface area contributed by atoms with Crippen LogP contribution in [-0.4, -0.2) is 25.2 Å². The lowest BCUT2D eigenvalue weighted by molar-refractivity contribution is -0.121. The van der Waals surface area contributed by atoms with Gasteiger partial charge in [-0.3, -0.25) is 14.2 Å². The Kier molecular flexibility index (Phi) is 5.57. The molecular formula is C22H19F2N5O2. The van der Waals surface area contributed by atoms with Crippen molar-refractivity contribution >= 4 is 16.9 Å². The molecule has 0 aliphatic carbocycles. The molecule has 0 saturated carbocycles. The van der Waals surface area contributed by atoms with E-state index in [-0.39, 0.29) is 30.6 Å². The van der Waals surface area contributed by atoms with Crippen LogP contribution < -0.4 is 10.9 Å². The molecule has 0 aliphatic rings. The van der Waals surface area contributed by atoms with Gasteiger partial charge in [0.25, 0.3) is 5.56 Å². The molecule has 2 aromatic heterocycles. The molecule has 158 valence electrons. The highest BCUT2D eigenvalue weighted by molar-refractivity contribution is 5.76. The van der Waals surface area contributed by atoms with Gasteiger partial charge in [0.15, 0.2) is 5.65 Å². The Balaban J connectivity index is 1.45. The highest BCUT2D eigenvalue weighted by atomic mass is 19.1. The number of aromatic nitrogens is 4. The Morgan fingerprint density at radius 1 is 1.10 bits per heavy atom. The van der Waals surface area contributed by atoms with Crippen molar-refractivity contribution < 1.29 is 13.6 Å². The van der Waals surface area contributed by atoms with Crippen molar-refractivity contribution in [1.82, 2.24) is 24.6 Å². The number of carbonyl (C=O) groups is 1. The molecule has 0 radical (unpaired) electrons. The Bertz CT molecular complexity index is 1290. The van der Waals surface area contributed by atoms with E-state index in [0.717, 1.165) is 23.4 Å². The largest absolute Gasteiger partial charge is 0.352 e. The van der Waals surface area contributed by atoms with Crippen LogP contribution in [0.2, 0.25) is 0 Å². The maximum absolute atomic E-state index is 13.6. The van der Waals surface area contributed by atoms with Gasteiger partial charge in [-0.1, -0.05) is 23.8 Å². The average Bonchev–Trinajstić information content (AvgIpc) is 3.18. The number of aryl methyl sites for hydroxylation is 2. The Morgan fingerprint density at radius 2 is 1.81 bits per heavy atom. The molecule has 1 amide bonds. The molecule has 0 saturated heterocycles. The normalized spacial score (nSPS) is 11.1. The van der Waals surface area contributed by atoms with E-state index < -0.39 is 17.5 Å². The van der Waals surface area contributed by atoms with Crippen LogP contribution in [0.3, 0.4) is 0 Å². The molecule has 0 spiro atoms. The van der Waals surface area contributed by atoms with Crippen molar-refractivity contribution in [3.8, 4) is 5.69 Å². The van der Waals surface area contributed by atoms with E-state index in [9.17, 15) is 18.4 Å². The number of amides is 1. The summed E-state index contributed by atoms with van der Waals surface area (Å²) < 4.78 is 30.2. The second-order valence-corrected chi connectivity index (χ2v) is 7.10. The topological polar surface area (TPSA) is 81.8 Å². The van der Waals surface area contributed by atoms with Gasteiger partial charge in [-0.15, -0.1) is 0 Å². The number of halogens is 2. The molecule has 0 fully saturated rings. The quantitative estimate of drug-likeness (QED) is 0.517. The van der Waals surface area contributed by atoms with E-state index in [2.05, 4.69) is 15.4 Å². The minimum atomic E-state index is -0.725. The van der Waals surface area contributed by atoms with Crippen LogP contribution in [0.1, 0.15) is 17.5 Å². The van der Waals surface area contributed by atoms with E-state index in [4.69, 9.17) is 0 Å². The van der Waals surface area contributed by atoms with Crippen LogP contribution in [0.5, 0.6) is 0 Å². The number of nitrogens with one attached hydrogen (secondary N) is 1. The summed E-state index contributed by atoms with van der Waals surface area (Å²) in [6, 6.07) is 11.2. The maximum atomic E-state index is 13.6. The zero-order valence-corrected chi connectivity index (χ0v) is 16.7. The van der Waals surface area contributed by atoms with Gasteiger partial charge in [0.1, 0.15) is 17.0 Å². The molecule has 0 bridgehead atoms. The smallest absolute Gasteiger partial charge is 0.264 e. The van der Waals surface area contributed by atoms with Crippen molar-refractivity contribution in [3.05, 3.63) is 88.1 Å². The molecule has 2 heterocycles. The minimum Gasteiger partial charge on any atom is -0.352 e. The first-order valence-electron chi connectivity index (χ1n) is 9.64. The van der Waals surface area contributed by atoms with E-state index in [1.807, 2.05) is 31.2 Å². The number of fused-ring (bicyclic) bond motifs is 1. The summed E-state index contributed by atoms with van der Waals surface area (Å²) >= 11 is 0. The monoisotopic (exact) mass is 423 g/mol. The third-order valence-corrected chi connectivity index (χ3v) is 4.94. The summed E-state index contributed by atoms with van der Waals surface area (Å²) in [5.74, 6) is -1.89. The van der Waals surface area contributed by atoms with Gasteiger partial charge in [0, 0.05) is 25.1 Å². The zero-order chi connectivity index (χ0) is 22.0. The molecule has 1 N–H and O–H groups in total. The van der Waals surface area contributed by atoms with Gasteiger partial charge in [0.2, 0.25) is 5.91 Å². The third-order valence-electron chi connectivity index (χ3n) is 4.94. The summed E-state index contributed by atoms with van der Waals surface area (Å²) in [5, 5.41) is 7.06. The highest BCUT2D eigenvalue weighted by Gasteiger charge is 2.13. The Labute approximate surface area is 176 Å². The van der Waals surface area contributed by atoms with Crippen LogP contribution >= 0.6 is 0 Å². The second kappa shape index (κ2) is 8.47. The van der Waals surface area contributed by atoms with E-state index in [0.29, 0.717) is 11.0 Å². The van der Waals surface area contributed by atoms with Crippen molar-refractivity contribution in [2.24, 2.45) is 0 Å². The first kappa shape index (κ1) is 20.4. The third kappa shape index (κ3) is 4.20. The lowest BCUT2D eigenvalue weighted by atomic mass is 10.2. The average molecular weight is 423 g/mol. The predicted octanol–water partition coefficient (Wildman–Crippen LogP) is 2.88. The fourth-order valence-electron chi connectivity index (χ4n) is 3.18. The number of hydrogen-bond acceptors (Lipinski definition) is 4. The molecule has 2 aromatic carbocycles. The van der Waals surface area contributed by atoms with Crippen molar-refractivity contribution in [2.75, 3.05) is 0 Å². The first-order valence-corrected chi connectivity index (χ1v) is 9.64. The van der Waals surface area contributed by atoms with Gasteiger partial charge in [-0.05, 0) is 31.2 Å². The molecule has 9 heteroatoms. The molecule has 0 aliphatic heterocycles. The lowest BCUT2D eigenvalue weighted by Crippen LogP contribution is -2.28. The van der Waals surface area contributed by atoms with Crippen LogP contribution in [-0.2, 0) is 17.9 Å². The first-order chi connectivity index (χ1) is 14.9. The van der Waals surface area contributed by atoms with Gasteiger partial charge in [-0.2, -0.15) is 5.10 Å². The second-order valence-electron chi connectivity index (χ2n) is 7.10. The van der Waals surface area contributed by atoms with Crippen LogP contribution in [0, 0.1) is 18.6 Å². The SMILES string of the molecule is Cc1ccc(-n2ncc3c(=O)n(CCC(=O)NCc4c(F)cccc4F)cnc32)cc1. The fourth-order valence-corrected chi connectivity index (χ4v) is 3.18. The van der Waals surface area contributed by atoms with Crippen LogP contribution in [0.4, 0.5) is 8.78 Å².